The first-order chi connectivity index (χ1) is 10.5. The van der Waals surface area contributed by atoms with Crippen molar-refractivity contribution in [3.8, 4) is 0 Å². The first-order valence-electron chi connectivity index (χ1n) is 7.79. The molecule has 0 amide bonds. The van der Waals surface area contributed by atoms with E-state index in [-0.39, 0.29) is 11.8 Å². The highest BCUT2D eigenvalue weighted by Crippen LogP contribution is 2.16. The molecule has 0 spiro atoms. The second kappa shape index (κ2) is 9.76. The topological polar surface area (TPSA) is 104 Å². The Balaban J connectivity index is 0.000000335. The third-order valence-electron chi connectivity index (χ3n) is 3.36. The van der Waals surface area contributed by atoms with E-state index in [4.69, 9.17) is 16.2 Å². The minimum atomic E-state index is -0.432. The number of carbonyl (C=O) groups is 1. The second-order valence-electron chi connectivity index (χ2n) is 5.17. The van der Waals surface area contributed by atoms with Crippen molar-refractivity contribution in [3.63, 3.8) is 0 Å². The maximum atomic E-state index is 11.1. The van der Waals surface area contributed by atoms with Gasteiger partial charge in [0.2, 0.25) is 5.95 Å². The van der Waals surface area contributed by atoms with E-state index >= 15 is 0 Å². The lowest BCUT2D eigenvalue weighted by Crippen LogP contribution is -2.05. The number of ether oxygens (including phenoxy) is 1. The lowest BCUT2D eigenvalue weighted by atomic mass is 10.0. The number of nitrogens with zero attached hydrogens (tertiary/aromatic N) is 2. The molecule has 1 aliphatic rings. The molecule has 0 aromatic carbocycles. The van der Waals surface area contributed by atoms with Gasteiger partial charge in [-0.15, -0.1) is 0 Å². The Morgan fingerprint density at radius 3 is 2.14 bits per heavy atom. The summed E-state index contributed by atoms with van der Waals surface area (Å²) in [6, 6.07) is 0. The monoisotopic (exact) mass is 306 g/mol. The van der Waals surface area contributed by atoms with Gasteiger partial charge in [0.05, 0.1) is 12.3 Å². The molecule has 0 radical (unpaired) electrons. The summed E-state index contributed by atoms with van der Waals surface area (Å²) in [5.74, 6) is -0.0769. The number of esters is 1. The van der Waals surface area contributed by atoms with Crippen LogP contribution in [0.1, 0.15) is 56.7 Å². The molecule has 6 heteroatoms. The maximum Gasteiger partial charge on any atom is 0.330 e. The van der Waals surface area contributed by atoms with Crippen LogP contribution in [0.3, 0.4) is 0 Å². The molecule has 1 saturated carbocycles. The molecule has 22 heavy (non-hydrogen) atoms. The van der Waals surface area contributed by atoms with E-state index in [1.165, 1.54) is 50.7 Å². The molecular formula is C16H26N4O2. The van der Waals surface area contributed by atoms with E-state index < -0.39 is 5.97 Å². The first kappa shape index (κ1) is 17.9. The van der Waals surface area contributed by atoms with Crippen LogP contribution in [0.2, 0.25) is 0 Å². The Labute approximate surface area is 132 Å². The Morgan fingerprint density at radius 1 is 1.14 bits per heavy atom. The minimum absolute atomic E-state index is 0.114. The number of nitrogens with two attached hydrogens (primary N) is 2. The highest BCUT2D eigenvalue weighted by atomic mass is 16.5. The van der Waals surface area contributed by atoms with Crippen LogP contribution in [0, 0.1) is 6.92 Å². The summed E-state index contributed by atoms with van der Waals surface area (Å²) in [6.07, 6.45) is 11.8. The van der Waals surface area contributed by atoms with Crippen LogP contribution in [0.25, 0.3) is 6.08 Å². The van der Waals surface area contributed by atoms with Crippen molar-refractivity contribution in [3.05, 3.63) is 17.3 Å². The van der Waals surface area contributed by atoms with E-state index in [9.17, 15) is 4.79 Å². The standard InChI is InChI=1S/C10H14N4O2.C6H12/c1-3-16-8(15)5-4-7-6(2)13-10(12)14-9(7)11;1-2-4-6-5-3-1/h4-5H,3H2,1-2H3,(H4,11,12,13,14);1-6H2/b5-4+;. The fourth-order valence-corrected chi connectivity index (χ4v) is 2.23. The Kier molecular flexibility index (Phi) is 7.96. The molecule has 1 aromatic heterocycles. The quantitative estimate of drug-likeness (QED) is 0.657. The van der Waals surface area contributed by atoms with Gasteiger partial charge in [-0.3, -0.25) is 0 Å². The van der Waals surface area contributed by atoms with Crippen LogP contribution >= 0.6 is 0 Å². The molecular weight excluding hydrogens is 280 g/mol. The predicted molar refractivity (Wildman–Crippen MR) is 89.0 cm³/mol. The zero-order chi connectivity index (χ0) is 16.4. The molecule has 1 aliphatic carbocycles. The summed E-state index contributed by atoms with van der Waals surface area (Å²) in [6.45, 7) is 3.80. The fraction of sp³-hybridized carbons (Fsp3) is 0.562. The van der Waals surface area contributed by atoms with E-state index in [0.29, 0.717) is 17.9 Å². The normalized spacial score (nSPS) is 14.3. The third-order valence-corrected chi connectivity index (χ3v) is 3.36. The number of carbonyl (C=O) groups excluding carboxylic acids is 1. The van der Waals surface area contributed by atoms with Crippen LogP contribution in [0.4, 0.5) is 11.8 Å². The van der Waals surface area contributed by atoms with E-state index in [1.807, 2.05) is 0 Å². The van der Waals surface area contributed by atoms with Crippen LogP contribution < -0.4 is 11.5 Å². The number of rotatable bonds is 3. The van der Waals surface area contributed by atoms with Gasteiger partial charge < -0.3 is 16.2 Å². The van der Waals surface area contributed by atoms with Gasteiger partial charge in [-0.1, -0.05) is 38.5 Å². The lowest BCUT2D eigenvalue weighted by molar-refractivity contribution is -0.137. The van der Waals surface area contributed by atoms with Crippen molar-refractivity contribution in [1.29, 1.82) is 0 Å². The Hall–Kier alpha value is -2.11. The van der Waals surface area contributed by atoms with E-state index in [2.05, 4.69) is 9.97 Å². The molecule has 0 saturated heterocycles. The summed E-state index contributed by atoms with van der Waals surface area (Å²) in [5.41, 5.74) is 12.2. The van der Waals surface area contributed by atoms with Crippen molar-refractivity contribution >= 4 is 23.8 Å². The van der Waals surface area contributed by atoms with Crippen molar-refractivity contribution < 1.29 is 9.53 Å². The Bertz CT molecular complexity index is 476. The van der Waals surface area contributed by atoms with Crippen LogP contribution in [-0.4, -0.2) is 22.5 Å². The minimum Gasteiger partial charge on any atom is -0.463 e. The third kappa shape index (κ3) is 6.56. The number of aromatic nitrogens is 2. The smallest absolute Gasteiger partial charge is 0.330 e. The van der Waals surface area contributed by atoms with Crippen molar-refractivity contribution in [2.45, 2.75) is 52.4 Å². The fourth-order valence-electron chi connectivity index (χ4n) is 2.23. The zero-order valence-corrected chi connectivity index (χ0v) is 13.5. The van der Waals surface area contributed by atoms with Gasteiger partial charge >= 0.3 is 5.97 Å². The zero-order valence-electron chi connectivity index (χ0n) is 13.5. The van der Waals surface area contributed by atoms with Crippen LogP contribution in [0.5, 0.6) is 0 Å². The molecule has 6 nitrogen and oxygen atoms in total. The molecule has 0 bridgehead atoms. The molecule has 0 aliphatic heterocycles. The number of anilines is 2. The molecule has 0 unspecified atom stereocenters. The van der Waals surface area contributed by atoms with Crippen molar-refractivity contribution in [2.24, 2.45) is 0 Å². The molecule has 4 N–H and O–H groups in total. The van der Waals surface area contributed by atoms with Crippen molar-refractivity contribution in [2.75, 3.05) is 18.1 Å². The summed E-state index contributed by atoms with van der Waals surface area (Å²) in [7, 11) is 0. The van der Waals surface area contributed by atoms with Crippen molar-refractivity contribution in [1.82, 2.24) is 9.97 Å². The van der Waals surface area contributed by atoms with Gasteiger partial charge in [-0.2, -0.15) is 4.98 Å². The molecule has 1 fully saturated rings. The van der Waals surface area contributed by atoms with E-state index in [0.717, 1.165) is 0 Å². The number of hydrogen-bond acceptors (Lipinski definition) is 6. The van der Waals surface area contributed by atoms with Crippen LogP contribution in [0.15, 0.2) is 6.08 Å². The average molecular weight is 306 g/mol. The van der Waals surface area contributed by atoms with Crippen LogP contribution in [-0.2, 0) is 9.53 Å². The summed E-state index contributed by atoms with van der Waals surface area (Å²) < 4.78 is 4.74. The number of aryl methyl sites for hydroxylation is 1. The number of hydrogen-bond donors (Lipinski definition) is 2. The second-order valence-corrected chi connectivity index (χ2v) is 5.17. The van der Waals surface area contributed by atoms with Gasteiger partial charge in [0, 0.05) is 11.6 Å². The molecule has 122 valence electrons. The summed E-state index contributed by atoms with van der Waals surface area (Å²) in [5, 5.41) is 0. The predicted octanol–water partition coefficient (Wildman–Crippen LogP) is 2.87. The lowest BCUT2D eigenvalue weighted by Gasteiger charge is -2.05. The molecule has 1 aromatic rings. The SMILES string of the molecule is C1CCCCC1.CCOC(=O)/C=C/c1c(C)nc(N)nc1N. The molecule has 2 rings (SSSR count). The maximum absolute atomic E-state index is 11.1. The largest absolute Gasteiger partial charge is 0.463 e. The van der Waals surface area contributed by atoms with Gasteiger partial charge in [0.25, 0.3) is 0 Å². The van der Waals surface area contributed by atoms with Gasteiger partial charge in [-0.25, -0.2) is 9.78 Å². The Morgan fingerprint density at radius 2 is 1.68 bits per heavy atom. The molecule has 1 heterocycles. The van der Waals surface area contributed by atoms with Gasteiger partial charge in [-0.05, 0) is 19.9 Å². The molecule has 0 atom stereocenters. The van der Waals surface area contributed by atoms with E-state index in [1.54, 1.807) is 13.8 Å². The summed E-state index contributed by atoms with van der Waals surface area (Å²) in [4.78, 5) is 18.8. The highest BCUT2D eigenvalue weighted by molar-refractivity contribution is 5.88. The van der Waals surface area contributed by atoms with Gasteiger partial charge in [0.1, 0.15) is 5.82 Å². The first-order valence-corrected chi connectivity index (χ1v) is 7.79. The summed E-state index contributed by atoms with van der Waals surface area (Å²) >= 11 is 0. The average Bonchev–Trinajstić information content (AvgIpc) is 2.49. The highest BCUT2D eigenvalue weighted by Gasteiger charge is 2.05. The number of nitrogen functional groups attached to an aromatic ring is 2. The van der Waals surface area contributed by atoms with Gasteiger partial charge in [0.15, 0.2) is 0 Å².